The summed E-state index contributed by atoms with van der Waals surface area (Å²) in [5, 5.41) is 7.19. The summed E-state index contributed by atoms with van der Waals surface area (Å²) in [5.74, 6) is 1.10. The summed E-state index contributed by atoms with van der Waals surface area (Å²) >= 11 is 0. The van der Waals surface area contributed by atoms with E-state index in [1.807, 2.05) is 29.8 Å². The van der Waals surface area contributed by atoms with Crippen LogP contribution in [-0.2, 0) is 16.1 Å². The van der Waals surface area contributed by atoms with Crippen LogP contribution in [0.25, 0.3) is 0 Å². The van der Waals surface area contributed by atoms with Crippen molar-refractivity contribution in [2.45, 2.75) is 45.6 Å². The second-order valence-corrected chi connectivity index (χ2v) is 7.41. The Kier molecular flexibility index (Phi) is 5.27. The summed E-state index contributed by atoms with van der Waals surface area (Å²) in [7, 11) is 0. The Hall–Kier alpha value is -2.90. The zero-order valence-corrected chi connectivity index (χ0v) is 16.2. The number of amides is 2. The van der Waals surface area contributed by atoms with E-state index < -0.39 is 0 Å². The number of nitrogens with zero attached hydrogens (tertiary/aromatic N) is 5. The number of pyridine rings is 1. The molecule has 2 amide bonds. The van der Waals surface area contributed by atoms with E-state index in [2.05, 4.69) is 20.3 Å². The summed E-state index contributed by atoms with van der Waals surface area (Å²) in [5.41, 5.74) is 1.98. The van der Waals surface area contributed by atoms with Crippen LogP contribution in [-0.4, -0.2) is 46.2 Å². The van der Waals surface area contributed by atoms with Gasteiger partial charge in [-0.2, -0.15) is 5.10 Å². The molecule has 1 saturated heterocycles. The highest BCUT2D eigenvalue weighted by Crippen LogP contribution is 2.23. The molecule has 4 rings (SSSR count). The molecule has 8 heteroatoms. The van der Waals surface area contributed by atoms with Gasteiger partial charge in [-0.3, -0.25) is 14.5 Å². The van der Waals surface area contributed by atoms with Gasteiger partial charge in [0.05, 0.1) is 17.6 Å². The van der Waals surface area contributed by atoms with Gasteiger partial charge in [0, 0.05) is 45.1 Å². The number of carbonyl (C=O) groups is 2. The lowest BCUT2D eigenvalue weighted by Crippen LogP contribution is -2.37. The monoisotopic (exact) mass is 382 g/mol. The molecule has 0 aromatic carbocycles. The smallest absolute Gasteiger partial charge is 0.228 e. The molecular formula is C20H26N6O2. The highest BCUT2D eigenvalue weighted by Gasteiger charge is 2.24. The van der Waals surface area contributed by atoms with Gasteiger partial charge in [-0.1, -0.05) is 0 Å². The average Bonchev–Trinajstić information content (AvgIpc) is 3.35. The molecule has 2 aromatic heterocycles. The van der Waals surface area contributed by atoms with Crippen LogP contribution in [0.15, 0.2) is 24.4 Å². The largest absolute Gasteiger partial charge is 0.370 e. The number of rotatable bonds is 5. The summed E-state index contributed by atoms with van der Waals surface area (Å²) in [4.78, 5) is 33.2. The van der Waals surface area contributed by atoms with Gasteiger partial charge in [0.1, 0.15) is 11.6 Å². The van der Waals surface area contributed by atoms with Crippen LogP contribution in [0.3, 0.4) is 0 Å². The molecule has 4 heterocycles. The van der Waals surface area contributed by atoms with E-state index in [1.165, 1.54) is 12.8 Å². The molecular weight excluding hydrogens is 356 g/mol. The highest BCUT2D eigenvalue weighted by atomic mass is 16.2. The predicted octanol–water partition coefficient (Wildman–Crippen LogP) is 2.34. The first-order chi connectivity index (χ1) is 13.6. The Bertz CT molecular complexity index is 854. The second kappa shape index (κ2) is 8.00. The lowest BCUT2D eigenvalue weighted by Gasteiger charge is -2.27. The minimum atomic E-state index is -0.198. The van der Waals surface area contributed by atoms with E-state index >= 15 is 0 Å². The minimum absolute atomic E-state index is 0.0478. The van der Waals surface area contributed by atoms with Gasteiger partial charge < -0.3 is 10.2 Å². The Morgan fingerprint density at radius 1 is 1.07 bits per heavy atom. The molecule has 8 nitrogen and oxygen atoms in total. The molecule has 2 aliphatic rings. The van der Waals surface area contributed by atoms with Crippen molar-refractivity contribution in [1.82, 2.24) is 14.8 Å². The van der Waals surface area contributed by atoms with Crippen molar-refractivity contribution in [1.29, 1.82) is 0 Å². The van der Waals surface area contributed by atoms with Crippen molar-refractivity contribution < 1.29 is 9.59 Å². The molecule has 0 unspecified atom stereocenters. The Labute approximate surface area is 164 Å². The first-order valence-electron chi connectivity index (χ1n) is 9.96. The number of anilines is 3. The van der Waals surface area contributed by atoms with Crippen LogP contribution in [0, 0.1) is 6.92 Å². The van der Waals surface area contributed by atoms with Gasteiger partial charge in [-0.25, -0.2) is 9.67 Å². The van der Waals surface area contributed by atoms with E-state index in [9.17, 15) is 9.59 Å². The molecule has 1 fully saturated rings. The predicted molar refractivity (Wildman–Crippen MR) is 107 cm³/mol. The maximum atomic E-state index is 12.6. The summed E-state index contributed by atoms with van der Waals surface area (Å²) < 4.78 is 1.86. The SMILES string of the molecule is Cc1cc2n(n1)CCCN2C(=O)CCC(=O)Nc1ccc(N2CCCC2)cn1. The van der Waals surface area contributed by atoms with E-state index in [0.29, 0.717) is 12.4 Å². The molecule has 0 saturated carbocycles. The molecule has 148 valence electrons. The van der Waals surface area contributed by atoms with Gasteiger partial charge in [0.2, 0.25) is 11.8 Å². The zero-order valence-electron chi connectivity index (χ0n) is 16.2. The molecule has 0 bridgehead atoms. The number of nitrogens with one attached hydrogen (secondary N) is 1. The van der Waals surface area contributed by atoms with Gasteiger partial charge in [0.15, 0.2) is 0 Å². The molecule has 0 aliphatic carbocycles. The van der Waals surface area contributed by atoms with Gasteiger partial charge in [0.25, 0.3) is 0 Å². The van der Waals surface area contributed by atoms with Crippen molar-refractivity contribution in [2.24, 2.45) is 0 Å². The van der Waals surface area contributed by atoms with Crippen LogP contribution in [0.5, 0.6) is 0 Å². The number of carbonyl (C=O) groups excluding carboxylic acids is 2. The lowest BCUT2D eigenvalue weighted by molar-refractivity contribution is -0.122. The number of hydrogen-bond donors (Lipinski definition) is 1. The number of fused-ring (bicyclic) bond motifs is 1. The Morgan fingerprint density at radius 3 is 2.64 bits per heavy atom. The highest BCUT2D eigenvalue weighted by molar-refractivity contribution is 5.97. The maximum Gasteiger partial charge on any atom is 0.228 e. The van der Waals surface area contributed by atoms with Crippen molar-refractivity contribution >= 4 is 29.1 Å². The van der Waals surface area contributed by atoms with Gasteiger partial charge in [-0.15, -0.1) is 0 Å². The molecule has 0 atom stereocenters. The van der Waals surface area contributed by atoms with Gasteiger partial charge in [-0.05, 0) is 38.3 Å². The fourth-order valence-electron chi connectivity index (χ4n) is 3.84. The van der Waals surface area contributed by atoms with Crippen molar-refractivity contribution in [3.05, 3.63) is 30.1 Å². The molecule has 2 aromatic rings. The number of aromatic nitrogens is 3. The normalized spacial score (nSPS) is 16.2. The van der Waals surface area contributed by atoms with Crippen LogP contribution in [0.1, 0.15) is 37.8 Å². The van der Waals surface area contributed by atoms with Crippen LogP contribution in [0.2, 0.25) is 0 Å². The van der Waals surface area contributed by atoms with E-state index in [-0.39, 0.29) is 24.7 Å². The van der Waals surface area contributed by atoms with Crippen LogP contribution >= 0.6 is 0 Å². The van der Waals surface area contributed by atoms with E-state index in [4.69, 9.17) is 0 Å². The van der Waals surface area contributed by atoms with Crippen LogP contribution < -0.4 is 15.1 Å². The fraction of sp³-hybridized carbons (Fsp3) is 0.500. The molecule has 0 radical (unpaired) electrons. The first-order valence-corrected chi connectivity index (χ1v) is 9.96. The second-order valence-electron chi connectivity index (χ2n) is 7.41. The molecule has 0 spiro atoms. The molecule has 1 N–H and O–H groups in total. The molecule has 28 heavy (non-hydrogen) atoms. The summed E-state index contributed by atoms with van der Waals surface area (Å²) in [6, 6.07) is 5.72. The first kappa shape index (κ1) is 18.5. The quantitative estimate of drug-likeness (QED) is 0.858. The molecule has 2 aliphatic heterocycles. The average molecular weight is 382 g/mol. The van der Waals surface area contributed by atoms with Gasteiger partial charge >= 0.3 is 0 Å². The third-order valence-electron chi connectivity index (χ3n) is 5.26. The number of hydrogen-bond acceptors (Lipinski definition) is 5. The third-order valence-corrected chi connectivity index (χ3v) is 5.26. The van der Waals surface area contributed by atoms with Crippen molar-refractivity contribution in [3.63, 3.8) is 0 Å². The maximum absolute atomic E-state index is 12.6. The Balaban J connectivity index is 1.29. The Morgan fingerprint density at radius 2 is 1.89 bits per heavy atom. The van der Waals surface area contributed by atoms with E-state index in [0.717, 1.165) is 43.3 Å². The zero-order chi connectivity index (χ0) is 19.5. The summed E-state index contributed by atoms with van der Waals surface area (Å²) in [6.45, 7) is 5.54. The topological polar surface area (TPSA) is 83.4 Å². The lowest BCUT2D eigenvalue weighted by atomic mass is 10.2. The standard InChI is InChI=1S/C20H26N6O2/c1-15-13-19-25(11-4-12-26(19)23-15)20(28)8-7-18(27)22-17-6-5-16(14-21-17)24-9-2-3-10-24/h5-6,13-14H,2-4,7-12H2,1H3,(H,21,22,27). The fourth-order valence-corrected chi connectivity index (χ4v) is 3.84. The van der Waals surface area contributed by atoms with Crippen LogP contribution in [0.4, 0.5) is 17.3 Å². The van der Waals surface area contributed by atoms with Crippen molar-refractivity contribution in [3.8, 4) is 0 Å². The third kappa shape index (κ3) is 4.00. The minimum Gasteiger partial charge on any atom is -0.370 e. The summed E-state index contributed by atoms with van der Waals surface area (Å²) in [6.07, 6.45) is 5.40. The number of aryl methyl sites for hydroxylation is 2. The van der Waals surface area contributed by atoms with E-state index in [1.54, 1.807) is 11.1 Å². The van der Waals surface area contributed by atoms with Crippen molar-refractivity contribution in [2.75, 3.05) is 34.8 Å².